The molecule has 16 heavy (non-hydrogen) atoms. The average Bonchev–Trinajstić information content (AvgIpc) is 2.16. The Morgan fingerprint density at radius 1 is 0.562 bits per heavy atom. The Labute approximate surface area is 104 Å². The quantitative estimate of drug-likeness (QED) is 0.666. The molecule has 0 rings (SSSR count). The molecule has 3 atom stereocenters. The van der Waals surface area contributed by atoms with Crippen LogP contribution in [0.25, 0.3) is 0 Å². The second kappa shape index (κ2) is 6.90. The molecule has 4 heteroatoms. The van der Waals surface area contributed by atoms with Crippen molar-refractivity contribution >= 4 is 7.92 Å². The van der Waals surface area contributed by atoms with Crippen molar-refractivity contribution in [2.75, 3.05) is 42.3 Å². The molecule has 0 radical (unpaired) electrons. The van der Waals surface area contributed by atoms with Crippen LogP contribution in [0.1, 0.15) is 20.8 Å². The van der Waals surface area contributed by atoms with Gasteiger partial charge in [-0.2, -0.15) is 0 Å². The van der Waals surface area contributed by atoms with Gasteiger partial charge in [0.15, 0.2) is 0 Å². The minimum Gasteiger partial charge on any atom is -0.303 e. The minimum absolute atomic E-state index is 0.0849. The Balaban J connectivity index is 4.89. The maximum Gasteiger partial charge on any atom is 0.0291 e. The summed E-state index contributed by atoms with van der Waals surface area (Å²) in [5.74, 6) is 1.93. The zero-order valence-corrected chi connectivity index (χ0v) is 13.4. The molecule has 0 aliphatic rings. The zero-order chi connectivity index (χ0) is 13.0. The van der Waals surface area contributed by atoms with Crippen molar-refractivity contribution in [2.45, 2.75) is 38.1 Å². The third kappa shape index (κ3) is 4.29. The van der Waals surface area contributed by atoms with E-state index >= 15 is 0 Å². The van der Waals surface area contributed by atoms with Gasteiger partial charge in [0.2, 0.25) is 0 Å². The van der Waals surface area contributed by atoms with Gasteiger partial charge in [-0.1, -0.05) is 7.92 Å². The average molecular weight is 247 g/mol. The van der Waals surface area contributed by atoms with Crippen molar-refractivity contribution < 1.29 is 0 Å². The van der Waals surface area contributed by atoms with E-state index in [0.29, 0.717) is 17.3 Å². The summed E-state index contributed by atoms with van der Waals surface area (Å²) in [6.45, 7) is 7.06. The summed E-state index contributed by atoms with van der Waals surface area (Å²) in [4.78, 5) is 7.06. The van der Waals surface area contributed by atoms with Crippen LogP contribution < -0.4 is 0 Å². The number of nitrogens with zero attached hydrogens (tertiary/aromatic N) is 3. The first kappa shape index (κ1) is 16.3. The van der Waals surface area contributed by atoms with Gasteiger partial charge in [0, 0.05) is 17.3 Å². The maximum atomic E-state index is 2.35. The minimum atomic E-state index is -0.0849. The highest BCUT2D eigenvalue weighted by Gasteiger charge is 2.31. The Morgan fingerprint density at radius 2 is 0.750 bits per heavy atom. The molecule has 0 saturated carbocycles. The summed E-state index contributed by atoms with van der Waals surface area (Å²) in [5.41, 5.74) is 0. The van der Waals surface area contributed by atoms with E-state index in [4.69, 9.17) is 0 Å². The van der Waals surface area contributed by atoms with Crippen LogP contribution >= 0.6 is 7.92 Å². The predicted molar refractivity (Wildman–Crippen MR) is 76.4 cm³/mol. The molecule has 0 aromatic carbocycles. The largest absolute Gasteiger partial charge is 0.303 e. The number of hydrogen-bond donors (Lipinski definition) is 0. The monoisotopic (exact) mass is 247 g/mol. The molecule has 3 unspecified atom stereocenters. The molecule has 0 spiro atoms. The van der Waals surface area contributed by atoms with Gasteiger partial charge in [-0.05, 0) is 63.1 Å². The molecule has 0 fully saturated rings. The molecule has 0 aliphatic heterocycles. The summed E-state index contributed by atoms with van der Waals surface area (Å²) in [7, 11) is 13.0. The first-order valence-electron chi connectivity index (χ1n) is 5.96. The maximum absolute atomic E-state index is 2.35. The standard InChI is InChI=1S/C12H30N3P/c1-10(13(4)5)16(11(2)14(6)7)12(3)15(8)9/h10-12H,1-9H3. The van der Waals surface area contributed by atoms with Crippen LogP contribution in [-0.4, -0.2) is 74.3 Å². The Bertz CT molecular complexity index is 161. The highest BCUT2D eigenvalue weighted by atomic mass is 31.1. The summed E-state index contributed by atoms with van der Waals surface area (Å²) in [6, 6.07) is 0. The zero-order valence-electron chi connectivity index (χ0n) is 12.5. The molecule has 0 aliphatic carbocycles. The van der Waals surface area contributed by atoms with Crippen LogP contribution in [0.15, 0.2) is 0 Å². The Kier molecular flexibility index (Phi) is 7.04. The van der Waals surface area contributed by atoms with Gasteiger partial charge in [-0.3, -0.25) is 0 Å². The number of rotatable bonds is 6. The fourth-order valence-corrected chi connectivity index (χ4v) is 5.21. The number of hydrogen-bond acceptors (Lipinski definition) is 3. The van der Waals surface area contributed by atoms with E-state index in [9.17, 15) is 0 Å². The van der Waals surface area contributed by atoms with E-state index in [-0.39, 0.29) is 7.92 Å². The SMILES string of the molecule is CC(N(C)C)P(C(C)N(C)C)C(C)N(C)C. The lowest BCUT2D eigenvalue weighted by molar-refractivity contribution is 0.336. The molecule has 0 amide bonds. The van der Waals surface area contributed by atoms with E-state index in [1.54, 1.807) is 0 Å². The van der Waals surface area contributed by atoms with Crippen LogP contribution in [0.4, 0.5) is 0 Å². The van der Waals surface area contributed by atoms with Crippen LogP contribution in [0.2, 0.25) is 0 Å². The van der Waals surface area contributed by atoms with Gasteiger partial charge in [-0.25, -0.2) is 0 Å². The van der Waals surface area contributed by atoms with Crippen molar-refractivity contribution in [2.24, 2.45) is 0 Å². The third-order valence-electron chi connectivity index (χ3n) is 3.54. The molecule has 0 aromatic heterocycles. The van der Waals surface area contributed by atoms with E-state index in [1.165, 1.54) is 0 Å². The fourth-order valence-electron chi connectivity index (χ4n) is 1.74. The topological polar surface area (TPSA) is 9.72 Å². The van der Waals surface area contributed by atoms with Gasteiger partial charge in [0.05, 0.1) is 0 Å². The smallest absolute Gasteiger partial charge is 0.0291 e. The van der Waals surface area contributed by atoms with Gasteiger partial charge in [0.25, 0.3) is 0 Å². The van der Waals surface area contributed by atoms with Crippen LogP contribution in [0.5, 0.6) is 0 Å². The molecule has 98 valence electrons. The highest BCUT2D eigenvalue weighted by molar-refractivity contribution is 7.59. The van der Waals surface area contributed by atoms with Crippen molar-refractivity contribution in [3.8, 4) is 0 Å². The lowest BCUT2D eigenvalue weighted by Gasteiger charge is -2.43. The van der Waals surface area contributed by atoms with Gasteiger partial charge < -0.3 is 14.7 Å². The summed E-state index contributed by atoms with van der Waals surface area (Å²) in [6.07, 6.45) is 0. The summed E-state index contributed by atoms with van der Waals surface area (Å²) >= 11 is 0. The molecule has 0 heterocycles. The first-order chi connectivity index (χ1) is 7.20. The van der Waals surface area contributed by atoms with Crippen molar-refractivity contribution in [1.82, 2.24) is 14.7 Å². The van der Waals surface area contributed by atoms with E-state index in [1.807, 2.05) is 0 Å². The molecular weight excluding hydrogens is 217 g/mol. The molecule has 0 aromatic rings. The van der Waals surface area contributed by atoms with Crippen LogP contribution in [-0.2, 0) is 0 Å². The van der Waals surface area contributed by atoms with Crippen molar-refractivity contribution in [3.05, 3.63) is 0 Å². The third-order valence-corrected chi connectivity index (χ3v) is 7.51. The van der Waals surface area contributed by atoms with Crippen LogP contribution in [0, 0.1) is 0 Å². The Hall–Kier alpha value is 0.310. The molecule has 3 nitrogen and oxygen atoms in total. The lowest BCUT2D eigenvalue weighted by Crippen LogP contribution is -2.39. The van der Waals surface area contributed by atoms with Crippen molar-refractivity contribution in [1.29, 1.82) is 0 Å². The second-order valence-corrected chi connectivity index (χ2v) is 8.37. The Morgan fingerprint density at radius 3 is 0.875 bits per heavy atom. The second-order valence-electron chi connectivity index (χ2n) is 5.23. The lowest BCUT2D eigenvalue weighted by atomic mass is 10.6. The fraction of sp³-hybridized carbons (Fsp3) is 1.00. The predicted octanol–water partition coefficient (Wildman–Crippen LogP) is 2.19. The van der Waals surface area contributed by atoms with Gasteiger partial charge in [0.1, 0.15) is 0 Å². The molecular formula is C12H30N3P. The van der Waals surface area contributed by atoms with Gasteiger partial charge in [-0.15, -0.1) is 0 Å². The highest BCUT2D eigenvalue weighted by Crippen LogP contribution is 2.52. The molecule has 0 N–H and O–H groups in total. The molecule has 0 saturated heterocycles. The van der Waals surface area contributed by atoms with Crippen molar-refractivity contribution in [3.63, 3.8) is 0 Å². The van der Waals surface area contributed by atoms with E-state index in [2.05, 4.69) is 77.8 Å². The van der Waals surface area contributed by atoms with Gasteiger partial charge >= 0.3 is 0 Å². The first-order valence-corrected chi connectivity index (χ1v) is 7.51. The normalized spacial score (nSPS) is 20.2. The molecule has 0 bridgehead atoms. The van der Waals surface area contributed by atoms with E-state index in [0.717, 1.165) is 0 Å². The summed E-state index contributed by atoms with van der Waals surface area (Å²) < 4.78 is 0. The van der Waals surface area contributed by atoms with E-state index < -0.39 is 0 Å². The van der Waals surface area contributed by atoms with Crippen LogP contribution in [0.3, 0.4) is 0 Å². The summed E-state index contributed by atoms with van der Waals surface area (Å²) in [5, 5.41) is 0.